The lowest BCUT2D eigenvalue weighted by Crippen LogP contribution is -2.16. The molecule has 0 aromatic carbocycles. The summed E-state index contributed by atoms with van der Waals surface area (Å²) < 4.78 is 2.20. The number of nitrogens with one attached hydrogen (secondary N) is 1. The van der Waals surface area contributed by atoms with E-state index in [9.17, 15) is 0 Å². The monoisotopic (exact) mass is 398 g/mol. The van der Waals surface area contributed by atoms with Crippen LogP contribution in [0.3, 0.4) is 0 Å². The number of pyridine rings is 2. The predicted octanol–water partition coefficient (Wildman–Crippen LogP) is 5.52. The van der Waals surface area contributed by atoms with Crippen LogP contribution in [0.5, 0.6) is 0 Å². The number of anilines is 1. The van der Waals surface area contributed by atoms with Crippen LogP contribution in [-0.4, -0.2) is 20.4 Å². The van der Waals surface area contributed by atoms with Crippen LogP contribution < -0.4 is 5.32 Å². The average molecular weight is 399 g/mol. The summed E-state index contributed by atoms with van der Waals surface area (Å²) in [4.78, 5) is 11.4. The highest BCUT2D eigenvalue weighted by Crippen LogP contribution is 2.35. The molecule has 5 rings (SSSR count). The topological polar surface area (TPSA) is 42.2 Å². The fraction of sp³-hybridized carbons (Fsp3) is 0.250. The minimum absolute atomic E-state index is 0.526. The van der Waals surface area contributed by atoms with E-state index in [1.165, 1.54) is 31.2 Å². The van der Waals surface area contributed by atoms with Gasteiger partial charge in [0.05, 0.1) is 9.75 Å². The first-order valence-electron chi connectivity index (χ1n) is 10.0. The first-order chi connectivity index (χ1) is 14.3. The van der Waals surface area contributed by atoms with Crippen molar-refractivity contribution >= 4 is 22.8 Å². The van der Waals surface area contributed by atoms with Gasteiger partial charge in [0.15, 0.2) is 0 Å². The Bertz CT molecular complexity index is 1200. The van der Waals surface area contributed by atoms with E-state index >= 15 is 0 Å². The van der Waals surface area contributed by atoms with Gasteiger partial charge in [-0.25, -0.2) is 9.97 Å². The van der Waals surface area contributed by atoms with E-state index in [1.54, 1.807) is 17.5 Å². The molecule has 0 aliphatic heterocycles. The van der Waals surface area contributed by atoms with E-state index in [4.69, 9.17) is 4.98 Å². The molecule has 1 fully saturated rings. The molecule has 0 unspecified atom stereocenters. The average Bonchev–Trinajstić information content (AvgIpc) is 3.48. The highest BCUT2D eigenvalue weighted by molar-refractivity contribution is 7.16. The van der Waals surface area contributed by atoms with E-state index in [1.807, 2.05) is 18.2 Å². The van der Waals surface area contributed by atoms with E-state index in [-0.39, 0.29) is 0 Å². The summed E-state index contributed by atoms with van der Waals surface area (Å²) in [6, 6.07) is 14.7. The van der Waals surface area contributed by atoms with Crippen LogP contribution >= 0.6 is 11.3 Å². The SMILES string of the molecule is Cc1ccc2nc(-c3ccc(C#Cc4ccccn4)s3)c(NC3CCCC3)n2c1. The molecule has 0 amide bonds. The zero-order chi connectivity index (χ0) is 19.6. The third-order valence-electron chi connectivity index (χ3n) is 5.28. The number of aromatic nitrogens is 3. The largest absolute Gasteiger partial charge is 0.367 e. The molecule has 0 saturated heterocycles. The quantitative estimate of drug-likeness (QED) is 0.462. The number of nitrogens with zero attached hydrogens (tertiary/aromatic N) is 3. The third kappa shape index (κ3) is 3.76. The van der Waals surface area contributed by atoms with Crippen LogP contribution in [0.4, 0.5) is 5.82 Å². The molecule has 0 radical (unpaired) electrons. The van der Waals surface area contributed by atoms with Gasteiger partial charge in [0, 0.05) is 18.4 Å². The standard InChI is InChI=1S/C24H22N4S/c1-17-9-14-22-27-23(24(28(22)16-17)26-19-7-2-3-8-19)21-13-12-20(29-21)11-10-18-6-4-5-15-25-18/h4-6,9,12-16,19,26H,2-3,7-8H2,1H3. The lowest BCUT2D eigenvalue weighted by Gasteiger charge is -2.14. The van der Waals surface area contributed by atoms with E-state index in [2.05, 4.69) is 63.9 Å². The Morgan fingerprint density at radius 2 is 1.97 bits per heavy atom. The van der Waals surface area contributed by atoms with Crippen molar-refractivity contribution < 1.29 is 0 Å². The lowest BCUT2D eigenvalue weighted by atomic mass is 10.2. The molecule has 1 N–H and O–H groups in total. The van der Waals surface area contributed by atoms with Gasteiger partial charge >= 0.3 is 0 Å². The van der Waals surface area contributed by atoms with Gasteiger partial charge < -0.3 is 5.32 Å². The summed E-state index contributed by atoms with van der Waals surface area (Å²) in [7, 11) is 0. The third-order valence-corrected chi connectivity index (χ3v) is 6.29. The Morgan fingerprint density at radius 3 is 2.79 bits per heavy atom. The molecule has 1 saturated carbocycles. The van der Waals surface area contributed by atoms with Crippen molar-refractivity contribution in [3.8, 4) is 22.4 Å². The van der Waals surface area contributed by atoms with Gasteiger partial charge in [-0.15, -0.1) is 11.3 Å². The molecule has 29 heavy (non-hydrogen) atoms. The highest BCUT2D eigenvalue weighted by atomic mass is 32.1. The second kappa shape index (κ2) is 7.73. The van der Waals surface area contributed by atoms with Crippen LogP contribution in [0, 0.1) is 18.8 Å². The highest BCUT2D eigenvalue weighted by Gasteiger charge is 2.21. The van der Waals surface area contributed by atoms with Crippen LogP contribution in [0.1, 0.15) is 41.8 Å². The summed E-state index contributed by atoms with van der Waals surface area (Å²) in [6.07, 6.45) is 8.99. The first kappa shape index (κ1) is 18.0. The van der Waals surface area contributed by atoms with Crippen LogP contribution in [0.25, 0.3) is 16.2 Å². The maximum absolute atomic E-state index is 4.95. The van der Waals surface area contributed by atoms with Gasteiger partial charge in [0.1, 0.15) is 22.9 Å². The molecule has 0 spiro atoms. The minimum atomic E-state index is 0.526. The molecule has 1 aliphatic rings. The molecule has 0 bridgehead atoms. The van der Waals surface area contributed by atoms with Crippen molar-refractivity contribution in [2.75, 3.05) is 5.32 Å². The van der Waals surface area contributed by atoms with Gasteiger partial charge in [-0.2, -0.15) is 0 Å². The van der Waals surface area contributed by atoms with Gasteiger partial charge in [-0.05, 0) is 67.5 Å². The Morgan fingerprint density at radius 1 is 1.07 bits per heavy atom. The van der Waals surface area contributed by atoms with E-state index in [0.29, 0.717) is 6.04 Å². The maximum Gasteiger partial charge on any atom is 0.139 e. The van der Waals surface area contributed by atoms with Crippen molar-refractivity contribution in [1.29, 1.82) is 0 Å². The molecular weight excluding hydrogens is 376 g/mol. The van der Waals surface area contributed by atoms with Crippen molar-refractivity contribution in [1.82, 2.24) is 14.4 Å². The van der Waals surface area contributed by atoms with Gasteiger partial charge in [0.25, 0.3) is 0 Å². The molecule has 5 heteroatoms. The van der Waals surface area contributed by atoms with Crippen LogP contribution in [0.2, 0.25) is 0 Å². The van der Waals surface area contributed by atoms with Crippen molar-refractivity contribution in [2.45, 2.75) is 38.6 Å². The second-order valence-corrected chi connectivity index (χ2v) is 8.58. The Labute approximate surface area is 174 Å². The van der Waals surface area contributed by atoms with E-state index in [0.717, 1.165) is 32.6 Å². The number of hydrogen-bond donors (Lipinski definition) is 1. The summed E-state index contributed by atoms with van der Waals surface area (Å²) >= 11 is 1.68. The Hall–Kier alpha value is -3.10. The summed E-state index contributed by atoms with van der Waals surface area (Å²) in [5.74, 6) is 7.48. The van der Waals surface area contributed by atoms with Crippen LogP contribution in [0.15, 0.2) is 54.9 Å². The first-order valence-corrected chi connectivity index (χ1v) is 10.9. The minimum Gasteiger partial charge on any atom is -0.367 e. The molecule has 4 nitrogen and oxygen atoms in total. The van der Waals surface area contributed by atoms with Crippen molar-refractivity contribution in [2.24, 2.45) is 0 Å². The zero-order valence-corrected chi connectivity index (χ0v) is 17.2. The number of aryl methyl sites for hydroxylation is 1. The van der Waals surface area contributed by atoms with Gasteiger partial charge in [-0.1, -0.05) is 25.0 Å². The second-order valence-electron chi connectivity index (χ2n) is 7.50. The number of fused-ring (bicyclic) bond motifs is 1. The predicted molar refractivity (Wildman–Crippen MR) is 119 cm³/mol. The molecule has 4 heterocycles. The number of hydrogen-bond acceptors (Lipinski definition) is 4. The molecule has 1 aliphatic carbocycles. The molecule has 4 aromatic heterocycles. The molecular formula is C24H22N4S. The van der Waals surface area contributed by atoms with Crippen molar-refractivity contribution in [3.63, 3.8) is 0 Å². The molecule has 0 atom stereocenters. The Balaban J connectivity index is 1.53. The van der Waals surface area contributed by atoms with Gasteiger partial charge in [0.2, 0.25) is 0 Å². The molecule has 4 aromatic rings. The fourth-order valence-corrected chi connectivity index (χ4v) is 4.67. The van der Waals surface area contributed by atoms with E-state index < -0.39 is 0 Å². The summed E-state index contributed by atoms with van der Waals surface area (Å²) in [6.45, 7) is 2.12. The maximum atomic E-state index is 4.95. The lowest BCUT2D eigenvalue weighted by molar-refractivity contribution is 0.749. The zero-order valence-electron chi connectivity index (χ0n) is 16.4. The smallest absolute Gasteiger partial charge is 0.139 e. The van der Waals surface area contributed by atoms with Crippen LogP contribution in [-0.2, 0) is 0 Å². The fourth-order valence-electron chi connectivity index (χ4n) is 3.82. The summed E-state index contributed by atoms with van der Waals surface area (Å²) in [5.41, 5.74) is 4.00. The molecule has 144 valence electrons. The number of rotatable bonds is 3. The van der Waals surface area contributed by atoms with Gasteiger partial charge in [-0.3, -0.25) is 4.40 Å². The number of thiophene rings is 1. The number of imidazole rings is 1. The summed E-state index contributed by atoms with van der Waals surface area (Å²) in [5, 5.41) is 3.79. The van der Waals surface area contributed by atoms with Crippen molar-refractivity contribution in [3.05, 3.63) is 71.0 Å². The Kier molecular flexibility index (Phi) is 4.79. The normalized spacial score (nSPS) is 14.1.